The Bertz CT molecular complexity index is 823. The first kappa shape index (κ1) is 20.2. The molecule has 1 heterocycles. The van der Waals surface area contributed by atoms with Crippen LogP contribution in [0.5, 0.6) is 5.88 Å². The lowest BCUT2D eigenvalue weighted by Gasteiger charge is -2.16. The zero-order chi connectivity index (χ0) is 19.3. The van der Waals surface area contributed by atoms with Crippen molar-refractivity contribution in [2.24, 2.45) is 0 Å². The molecule has 0 spiro atoms. The van der Waals surface area contributed by atoms with Gasteiger partial charge in [0.15, 0.2) is 5.78 Å². The van der Waals surface area contributed by atoms with E-state index in [-0.39, 0.29) is 5.78 Å². The Kier molecular flexibility index (Phi) is 6.98. The van der Waals surface area contributed by atoms with Gasteiger partial charge in [-0.25, -0.2) is 4.98 Å². The van der Waals surface area contributed by atoms with Crippen LogP contribution in [0.3, 0.4) is 0 Å². The number of pyridine rings is 1. The van der Waals surface area contributed by atoms with Gasteiger partial charge in [0.05, 0.1) is 7.11 Å². The summed E-state index contributed by atoms with van der Waals surface area (Å²) in [5, 5.41) is 0.647. The Morgan fingerprint density at radius 3 is 2.50 bits per heavy atom. The van der Waals surface area contributed by atoms with Crippen molar-refractivity contribution in [2.45, 2.75) is 47.0 Å². The third-order valence-electron chi connectivity index (χ3n) is 4.69. The number of carbonyl (C=O) groups is 1. The molecule has 138 valence electrons. The van der Waals surface area contributed by atoms with Gasteiger partial charge in [-0.3, -0.25) is 4.79 Å². The van der Waals surface area contributed by atoms with Gasteiger partial charge in [-0.15, -0.1) is 0 Å². The van der Waals surface area contributed by atoms with Crippen LogP contribution in [0.4, 0.5) is 0 Å². The highest BCUT2D eigenvalue weighted by atomic mass is 35.5. The van der Waals surface area contributed by atoms with Crippen LogP contribution < -0.4 is 4.74 Å². The maximum Gasteiger partial charge on any atom is 0.212 e. The standard InChI is InChI=1S/C22H26ClNO2/c1-6-7-8-19(16(4)25)14(2)20-11-18(23)12-21(15(20)3)17-9-10-22(26-5)24-13-17/h9-13H,6-8H2,1-5H3/b19-14+. The summed E-state index contributed by atoms with van der Waals surface area (Å²) in [6, 6.07) is 7.69. The number of ether oxygens (including phenoxy) is 1. The number of nitrogens with zero attached hydrogens (tertiary/aromatic N) is 1. The summed E-state index contributed by atoms with van der Waals surface area (Å²) >= 11 is 6.41. The van der Waals surface area contributed by atoms with Gasteiger partial charge in [-0.1, -0.05) is 24.9 Å². The molecule has 26 heavy (non-hydrogen) atoms. The zero-order valence-corrected chi connectivity index (χ0v) is 16.9. The van der Waals surface area contributed by atoms with Crippen molar-refractivity contribution in [2.75, 3.05) is 7.11 Å². The van der Waals surface area contributed by atoms with Crippen molar-refractivity contribution >= 4 is 23.0 Å². The Morgan fingerprint density at radius 2 is 1.96 bits per heavy atom. The quantitative estimate of drug-likeness (QED) is 0.538. The summed E-state index contributed by atoms with van der Waals surface area (Å²) in [5.41, 5.74) is 5.99. The summed E-state index contributed by atoms with van der Waals surface area (Å²) in [5.74, 6) is 0.700. The molecular formula is C22H26ClNO2. The van der Waals surface area contributed by atoms with Gasteiger partial charge >= 0.3 is 0 Å². The predicted octanol–water partition coefficient (Wildman–Crippen LogP) is 6.27. The first-order valence-electron chi connectivity index (χ1n) is 8.90. The number of Topliss-reactive ketones (excluding diaryl/α,β-unsaturated/α-hetero) is 1. The van der Waals surface area contributed by atoms with Crippen LogP contribution in [0, 0.1) is 6.92 Å². The lowest BCUT2D eigenvalue weighted by atomic mass is 9.89. The molecule has 2 aromatic rings. The minimum absolute atomic E-state index is 0.128. The minimum Gasteiger partial charge on any atom is -0.481 e. The molecule has 0 atom stereocenters. The van der Waals surface area contributed by atoms with E-state index in [1.807, 2.05) is 31.2 Å². The molecule has 0 unspecified atom stereocenters. The number of hydrogen-bond donors (Lipinski definition) is 0. The van der Waals surface area contributed by atoms with Crippen molar-refractivity contribution < 1.29 is 9.53 Å². The van der Waals surface area contributed by atoms with E-state index in [2.05, 4.69) is 18.8 Å². The second kappa shape index (κ2) is 9.00. The van der Waals surface area contributed by atoms with E-state index in [4.69, 9.17) is 16.3 Å². The van der Waals surface area contributed by atoms with E-state index >= 15 is 0 Å². The number of halogens is 1. The van der Waals surface area contributed by atoms with E-state index in [0.717, 1.165) is 52.7 Å². The Hall–Kier alpha value is -2.13. The number of allylic oxidation sites excluding steroid dienone is 2. The molecule has 0 aliphatic carbocycles. The molecule has 0 saturated carbocycles. The summed E-state index contributed by atoms with van der Waals surface area (Å²) in [4.78, 5) is 16.5. The number of carbonyl (C=O) groups excluding carboxylic acids is 1. The Labute approximate surface area is 161 Å². The molecule has 2 rings (SSSR count). The first-order valence-corrected chi connectivity index (χ1v) is 9.28. The molecule has 1 aromatic heterocycles. The van der Waals surface area contributed by atoms with Gasteiger partial charge in [-0.05, 0) is 79.6 Å². The van der Waals surface area contributed by atoms with E-state index < -0.39 is 0 Å². The molecule has 0 fully saturated rings. The van der Waals surface area contributed by atoms with Crippen LogP contribution in [-0.4, -0.2) is 17.9 Å². The van der Waals surface area contributed by atoms with Gasteiger partial charge in [0, 0.05) is 22.8 Å². The number of aromatic nitrogens is 1. The lowest BCUT2D eigenvalue weighted by Crippen LogP contribution is -2.02. The highest BCUT2D eigenvalue weighted by Gasteiger charge is 2.15. The van der Waals surface area contributed by atoms with E-state index in [1.54, 1.807) is 20.2 Å². The van der Waals surface area contributed by atoms with Crippen LogP contribution in [0.25, 0.3) is 16.7 Å². The molecule has 0 aliphatic heterocycles. The number of hydrogen-bond acceptors (Lipinski definition) is 3. The number of ketones is 1. The van der Waals surface area contributed by atoms with Gasteiger partial charge in [-0.2, -0.15) is 0 Å². The molecule has 4 heteroatoms. The second-order valence-corrected chi connectivity index (χ2v) is 6.91. The van der Waals surface area contributed by atoms with Crippen LogP contribution in [0.1, 0.15) is 51.2 Å². The number of rotatable bonds is 7. The van der Waals surface area contributed by atoms with E-state index in [0.29, 0.717) is 10.9 Å². The third kappa shape index (κ3) is 4.53. The smallest absolute Gasteiger partial charge is 0.212 e. The Balaban J connectivity index is 2.59. The second-order valence-electron chi connectivity index (χ2n) is 6.48. The average Bonchev–Trinajstić information content (AvgIpc) is 2.63. The number of unbranched alkanes of at least 4 members (excludes halogenated alkanes) is 1. The van der Waals surface area contributed by atoms with Gasteiger partial charge in [0.25, 0.3) is 0 Å². The van der Waals surface area contributed by atoms with Crippen LogP contribution >= 0.6 is 11.6 Å². The maximum atomic E-state index is 12.2. The SMILES string of the molecule is CCCC/C(C(C)=O)=C(/C)c1cc(Cl)cc(-c2ccc(OC)nc2)c1C. The molecule has 0 bridgehead atoms. The highest BCUT2D eigenvalue weighted by molar-refractivity contribution is 6.31. The van der Waals surface area contributed by atoms with Crippen LogP contribution in [-0.2, 0) is 4.79 Å². The predicted molar refractivity (Wildman–Crippen MR) is 109 cm³/mol. The fourth-order valence-electron chi connectivity index (χ4n) is 3.17. The largest absolute Gasteiger partial charge is 0.481 e. The molecule has 0 N–H and O–H groups in total. The summed E-state index contributed by atoms with van der Waals surface area (Å²) in [6.07, 6.45) is 4.63. The summed E-state index contributed by atoms with van der Waals surface area (Å²) in [6.45, 7) is 7.85. The zero-order valence-electron chi connectivity index (χ0n) is 16.1. The summed E-state index contributed by atoms with van der Waals surface area (Å²) < 4.78 is 5.13. The normalized spacial score (nSPS) is 11.9. The van der Waals surface area contributed by atoms with E-state index in [1.165, 1.54) is 0 Å². The van der Waals surface area contributed by atoms with Crippen LogP contribution in [0.2, 0.25) is 5.02 Å². The van der Waals surface area contributed by atoms with Crippen LogP contribution in [0.15, 0.2) is 36.0 Å². The van der Waals surface area contributed by atoms with Crippen molar-refractivity contribution in [3.05, 3.63) is 52.2 Å². The van der Waals surface area contributed by atoms with E-state index in [9.17, 15) is 4.79 Å². The van der Waals surface area contributed by atoms with Gasteiger partial charge in [0.2, 0.25) is 5.88 Å². The molecule has 0 aliphatic rings. The molecule has 0 saturated heterocycles. The summed E-state index contributed by atoms with van der Waals surface area (Å²) in [7, 11) is 1.60. The maximum absolute atomic E-state index is 12.2. The van der Waals surface area contributed by atoms with Crippen molar-refractivity contribution in [3.63, 3.8) is 0 Å². The monoisotopic (exact) mass is 371 g/mol. The van der Waals surface area contributed by atoms with Crippen molar-refractivity contribution in [1.82, 2.24) is 4.98 Å². The Morgan fingerprint density at radius 1 is 1.23 bits per heavy atom. The molecular weight excluding hydrogens is 346 g/mol. The molecule has 1 aromatic carbocycles. The number of methoxy groups -OCH3 is 1. The van der Waals surface area contributed by atoms with Crippen molar-refractivity contribution in [1.29, 1.82) is 0 Å². The fourth-order valence-corrected chi connectivity index (χ4v) is 3.39. The average molecular weight is 372 g/mol. The third-order valence-corrected chi connectivity index (χ3v) is 4.91. The first-order chi connectivity index (χ1) is 12.4. The van der Waals surface area contributed by atoms with Crippen molar-refractivity contribution in [3.8, 4) is 17.0 Å². The van der Waals surface area contributed by atoms with Gasteiger partial charge < -0.3 is 4.74 Å². The minimum atomic E-state index is 0.128. The fraction of sp³-hybridized carbons (Fsp3) is 0.364. The molecule has 3 nitrogen and oxygen atoms in total. The topological polar surface area (TPSA) is 39.2 Å². The lowest BCUT2D eigenvalue weighted by molar-refractivity contribution is -0.113. The van der Waals surface area contributed by atoms with Gasteiger partial charge in [0.1, 0.15) is 0 Å². The molecule has 0 amide bonds. The highest BCUT2D eigenvalue weighted by Crippen LogP contribution is 2.35. The number of benzene rings is 1. The molecule has 0 radical (unpaired) electrons.